The fourth-order valence-corrected chi connectivity index (χ4v) is 2.44. The molecule has 112 valence electrons. The van der Waals surface area contributed by atoms with Crippen LogP contribution in [0.2, 0.25) is 0 Å². The van der Waals surface area contributed by atoms with E-state index in [2.05, 4.69) is 10.1 Å². The third-order valence-corrected chi connectivity index (χ3v) is 3.53. The highest BCUT2D eigenvalue weighted by Crippen LogP contribution is 2.32. The third-order valence-electron chi connectivity index (χ3n) is 3.53. The molecule has 1 aromatic carbocycles. The van der Waals surface area contributed by atoms with Crippen molar-refractivity contribution in [1.82, 2.24) is 14.8 Å². The summed E-state index contributed by atoms with van der Waals surface area (Å²) in [5.41, 5.74) is 7.30. The van der Waals surface area contributed by atoms with Gasteiger partial charge in [0, 0.05) is 12.5 Å². The summed E-state index contributed by atoms with van der Waals surface area (Å²) in [4.78, 5) is 4.29. The maximum atomic E-state index is 6.29. The Kier molecular flexibility index (Phi) is 3.79. The number of hydrogen-bond donors (Lipinski definition) is 1. The summed E-state index contributed by atoms with van der Waals surface area (Å²) in [7, 11) is 0. The third kappa shape index (κ3) is 3.00. The van der Waals surface area contributed by atoms with Crippen LogP contribution >= 0.6 is 0 Å². The summed E-state index contributed by atoms with van der Waals surface area (Å²) < 4.78 is 13.2. The number of fused-ring (bicyclic) bond motifs is 1. The monoisotopic (exact) mass is 288 g/mol. The van der Waals surface area contributed by atoms with Crippen LogP contribution in [0.5, 0.6) is 11.5 Å². The van der Waals surface area contributed by atoms with Gasteiger partial charge >= 0.3 is 0 Å². The number of nitrogens with zero attached hydrogens (tertiary/aromatic N) is 3. The Morgan fingerprint density at radius 3 is 2.71 bits per heavy atom. The lowest BCUT2D eigenvalue weighted by atomic mass is 10.1. The summed E-state index contributed by atoms with van der Waals surface area (Å²) in [5, 5.41) is 4.35. The molecule has 0 amide bonds. The Morgan fingerprint density at radius 2 is 2.00 bits per heavy atom. The Hall–Kier alpha value is -2.08. The fourth-order valence-electron chi connectivity index (χ4n) is 2.44. The number of ether oxygens (including phenoxy) is 2. The molecule has 2 aromatic rings. The molecule has 0 saturated carbocycles. The van der Waals surface area contributed by atoms with Crippen molar-refractivity contribution < 1.29 is 9.47 Å². The highest BCUT2D eigenvalue weighted by Gasteiger charge is 2.15. The van der Waals surface area contributed by atoms with Gasteiger partial charge in [-0.1, -0.05) is 6.07 Å². The van der Waals surface area contributed by atoms with Crippen LogP contribution in [0.3, 0.4) is 0 Å². The molecular formula is C15H20N4O2. The molecule has 6 heteroatoms. The zero-order valence-corrected chi connectivity index (χ0v) is 12.4. The van der Waals surface area contributed by atoms with Crippen LogP contribution in [0, 0.1) is 13.8 Å². The van der Waals surface area contributed by atoms with Gasteiger partial charge in [-0.05, 0) is 31.5 Å². The maximum Gasteiger partial charge on any atom is 0.161 e. The molecular weight excluding hydrogens is 268 g/mol. The molecule has 1 unspecified atom stereocenters. The Bertz CT molecular complexity index is 639. The fraction of sp³-hybridized carbons (Fsp3) is 0.467. The van der Waals surface area contributed by atoms with Crippen LogP contribution in [0.25, 0.3) is 0 Å². The predicted molar refractivity (Wildman–Crippen MR) is 78.5 cm³/mol. The molecule has 1 aromatic heterocycles. The molecule has 0 radical (unpaired) electrons. The van der Waals surface area contributed by atoms with Gasteiger partial charge in [-0.2, -0.15) is 5.10 Å². The normalized spacial score (nSPS) is 15.6. The molecule has 0 spiro atoms. The van der Waals surface area contributed by atoms with Crippen molar-refractivity contribution in [3.05, 3.63) is 35.4 Å². The Balaban J connectivity index is 1.80. The minimum atomic E-state index is -0.165. The molecule has 1 atom stereocenters. The van der Waals surface area contributed by atoms with Gasteiger partial charge in [0.15, 0.2) is 11.5 Å². The van der Waals surface area contributed by atoms with Gasteiger partial charge < -0.3 is 15.2 Å². The topological polar surface area (TPSA) is 75.2 Å². The lowest BCUT2D eigenvalue weighted by Gasteiger charge is -2.15. The van der Waals surface area contributed by atoms with Crippen LogP contribution in [0.4, 0.5) is 0 Å². The number of rotatable bonds is 3. The molecule has 0 aliphatic carbocycles. The maximum absolute atomic E-state index is 6.29. The van der Waals surface area contributed by atoms with Crippen molar-refractivity contribution in [3.8, 4) is 11.5 Å². The average molecular weight is 288 g/mol. The summed E-state index contributed by atoms with van der Waals surface area (Å²) in [5.74, 6) is 3.19. The first-order chi connectivity index (χ1) is 10.1. The average Bonchev–Trinajstić information content (AvgIpc) is 2.67. The first kappa shape index (κ1) is 13.9. The van der Waals surface area contributed by atoms with Gasteiger partial charge in [-0.3, -0.25) is 0 Å². The summed E-state index contributed by atoms with van der Waals surface area (Å²) in [6.45, 7) is 5.76. The summed E-state index contributed by atoms with van der Waals surface area (Å²) in [6, 6.07) is 5.71. The molecule has 21 heavy (non-hydrogen) atoms. The second kappa shape index (κ2) is 5.73. The van der Waals surface area contributed by atoms with E-state index in [0.29, 0.717) is 19.8 Å². The number of nitrogens with two attached hydrogens (primary N) is 1. The second-order valence-corrected chi connectivity index (χ2v) is 5.25. The minimum Gasteiger partial charge on any atom is -0.490 e. The molecule has 0 fully saturated rings. The second-order valence-electron chi connectivity index (χ2n) is 5.25. The van der Waals surface area contributed by atoms with Crippen LogP contribution < -0.4 is 15.2 Å². The highest BCUT2D eigenvalue weighted by atomic mass is 16.5. The summed E-state index contributed by atoms with van der Waals surface area (Å²) in [6.07, 6.45) is 0.896. The van der Waals surface area contributed by atoms with E-state index in [1.54, 1.807) is 0 Å². The van der Waals surface area contributed by atoms with Gasteiger partial charge in [0.1, 0.15) is 11.6 Å². The van der Waals surface area contributed by atoms with Gasteiger partial charge in [0.25, 0.3) is 0 Å². The quantitative estimate of drug-likeness (QED) is 0.931. The van der Waals surface area contributed by atoms with Gasteiger partial charge in [-0.15, -0.1) is 0 Å². The summed E-state index contributed by atoms with van der Waals surface area (Å²) >= 11 is 0. The zero-order valence-electron chi connectivity index (χ0n) is 12.4. The molecule has 2 N–H and O–H groups in total. The van der Waals surface area contributed by atoms with E-state index in [4.69, 9.17) is 15.2 Å². The number of benzene rings is 1. The predicted octanol–water partition coefficient (Wildman–Crippen LogP) is 1.76. The largest absolute Gasteiger partial charge is 0.490 e. The van der Waals surface area contributed by atoms with Crippen molar-refractivity contribution in [2.45, 2.75) is 32.9 Å². The van der Waals surface area contributed by atoms with Crippen LogP contribution in [-0.2, 0) is 6.54 Å². The Labute approximate surface area is 123 Å². The SMILES string of the molecule is Cc1nc(C)n(CC(N)c2ccc3c(c2)OCCCO3)n1. The Morgan fingerprint density at radius 1 is 1.24 bits per heavy atom. The van der Waals surface area contributed by atoms with E-state index in [1.807, 2.05) is 36.7 Å². The molecule has 0 saturated heterocycles. The zero-order chi connectivity index (χ0) is 14.8. The van der Waals surface area contributed by atoms with Crippen LogP contribution in [0.15, 0.2) is 18.2 Å². The van der Waals surface area contributed by atoms with Crippen molar-refractivity contribution >= 4 is 0 Å². The van der Waals surface area contributed by atoms with Crippen molar-refractivity contribution in [2.24, 2.45) is 5.73 Å². The van der Waals surface area contributed by atoms with E-state index < -0.39 is 0 Å². The van der Waals surface area contributed by atoms with E-state index >= 15 is 0 Å². The smallest absolute Gasteiger partial charge is 0.161 e. The lowest BCUT2D eigenvalue weighted by Crippen LogP contribution is -2.19. The highest BCUT2D eigenvalue weighted by molar-refractivity contribution is 5.44. The molecule has 6 nitrogen and oxygen atoms in total. The van der Waals surface area contributed by atoms with E-state index in [1.165, 1.54) is 0 Å². The van der Waals surface area contributed by atoms with Gasteiger partial charge in [-0.25, -0.2) is 9.67 Å². The minimum absolute atomic E-state index is 0.165. The molecule has 1 aliphatic heterocycles. The van der Waals surface area contributed by atoms with Crippen molar-refractivity contribution in [3.63, 3.8) is 0 Å². The van der Waals surface area contributed by atoms with E-state index in [-0.39, 0.29) is 6.04 Å². The number of aromatic nitrogens is 3. The van der Waals surface area contributed by atoms with Crippen LogP contribution in [0.1, 0.15) is 29.7 Å². The van der Waals surface area contributed by atoms with Gasteiger partial charge in [0.05, 0.1) is 19.8 Å². The lowest BCUT2D eigenvalue weighted by molar-refractivity contribution is 0.297. The standard InChI is InChI=1S/C15H20N4O2/c1-10-17-11(2)19(18-10)9-13(16)12-4-5-14-15(8-12)21-7-3-6-20-14/h4-5,8,13H,3,6-7,9,16H2,1-2H3. The van der Waals surface area contributed by atoms with Gasteiger partial charge in [0.2, 0.25) is 0 Å². The first-order valence-corrected chi connectivity index (χ1v) is 7.16. The molecule has 3 rings (SSSR count). The van der Waals surface area contributed by atoms with E-state index in [9.17, 15) is 0 Å². The van der Waals surface area contributed by atoms with Crippen molar-refractivity contribution in [1.29, 1.82) is 0 Å². The molecule has 0 bridgehead atoms. The van der Waals surface area contributed by atoms with E-state index in [0.717, 1.165) is 35.1 Å². The number of hydrogen-bond acceptors (Lipinski definition) is 5. The number of aryl methyl sites for hydroxylation is 2. The van der Waals surface area contributed by atoms with Crippen molar-refractivity contribution in [2.75, 3.05) is 13.2 Å². The van der Waals surface area contributed by atoms with Crippen LogP contribution in [-0.4, -0.2) is 28.0 Å². The first-order valence-electron chi connectivity index (χ1n) is 7.16. The molecule has 1 aliphatic rings. The molecule has 2 heterocycles.